The molecule has 0 aliphatic heterocycles. The summed E-state index contributed by atoms with van der Waals surface area (Å²) in [5.41, 5.74) is 2.09. The first-order valence-electron chi connectivity index (χ1n) is 3.90. The molecule has 0 aliphatic carbocycles. The number of benzene rings is 1. The molecule has 2 rings (SSSR count). The van der Waals surface area contributed by atoms with Crippen molar-refractivity contribution < 1.29 is 0 Å². The largest absolute Gasteiger partial charge is 0.223 e. The van der Waals surface area contributed by atoms with Gasteiger partial charge in [-0.2, -0.15) is 5.10 Å². The summed E-state index contributed by atoms with van der Waals surface area (Å²) in [5.74, 6) is 0.539. The smallest absolute Gasteiger partial charge is 0.138 e. The molecule has 2 aromatic rings. The van der Waals surface area contributed by atoms with Crippen molar-refractivity contribution in [3.05, 3.63) is 42.5 Å². The van der Waals surface area contributed by atoms with Crippen LogP contribution in [0.25, 0.3) is 5.69 Å². The Bertz CT molecular complexity index is 369. The van der Waals surface area contributed by atoms with Gasteiger partial charge in [0.15, 0.2) is 0 Å². The van der Waals surface area contributed by atoms with Crippen LogP contribution >= 0.6 is 24.0 Å². The lowest BCUT2D eigenvalue weighted by Gasteiger charge is -2.00. The molecule has 5 heteroatoms. The van der Waals surface area contributed by atoms with E-state index in [1.54, 1.807) is 11.0 Å². The third-order valence-corrected chi connectivity index (χ3v) is 2.08. The van der Waals surface area contributed by atoms with Crippen molar-refractivity contribution in [2.45, 2.75) is 5.88 Å². The molecule has 1 aromatic heterocycles. The second-order valence-electron chi connectivity index (χ2n) is 2.64. The summed E-state index contributed by atoms with van der Waals surface area (Å²) < 4.78 is 1.71. The van der Waals surface area contributed by atoms with Crippen molar-refractivity contribution in [1.82, 2.24) is 14.8 Å². The number of alkyl halides is 1. The number of aromatic nitrogens is 3. The predicted molar refractivity (Wildman–Crippen MR) is 58.2 cm³/mol. The summed E-state index contributed by atoms with van der Waals surface area (Å²) in [6.45, 7) is 0. The highest BCUT2D eigenvalue weighted by Gasteiger charge is 1.95. The molecule has 14 heavy (non-hydrogen) atoms. The lowest BCUT2D eigenvalue weighted by molar-refractivity contribution is 0.878. The second-order valence-corrected chi connectivity index (χ2v) is 2.91. The van der Waals surface area contributed by atoms with Crippen molar-refractivity contribution in [3.63, 3.8) is 0 Å². The van der Waals surface area contributed by atoms with Crippen molar-refractivity contribution in [2.75, 3.05) is 0 Å². The summed E-state index contributed by atoms with van der Waals surface area (Å²) in [4.78, 5) is 3.87. The van der Waals surface area contributed by atoms with Gasteiger partial charge in [0.25, 0.3) is 0 Å². The Hall–Kier alpha value is -1.06. The molecule has 0 unspecified atom stereocenters. The Kier molecular flexibility index (Phi) is 3.92. The quantitative estimate of drug-likeness (QED) is 0.741. The maximum atomic E-state index is 5.67. The highest BCUT2D eigenvalue weighted by Crippen LogP contribution is 2.09. The molecule has 0 saturated carbocycles. The Morgan fingerprint density at radius 2 is 1.93 bits per heavy atom. The fraction of sp³-hybridized carbons (Fsp3) is 0.111. The van der Waals surface area contributed by atoms with Crippen molar-refractivity contribution >= 4 is 24.0 Å². The number of hydrogen-bond acceptors (Lipinski definition) is 2. The third kappa shape index (κ3) is 2.25. The van der Waals surface area contributed by atoms with Crippen molar-refractivity contribution in [1.29, 1.82) is 0 Å². The molecule has 1 heterocycles. The first-order valence-corrected chi connectivity index (χ1v) is 4.43. The summed E-state index contributed by atoms with van der Waals surface area (Å²) in [7, 11) is 0. The van der Waals surface area contributed by atoms with Crippen LogP contribution in [0.15, 0.2) is 36.9 Å². The second kappa shape index (κ2) is 4.98. The van der Waals surface area contributed by atoms with Crippen molar-refractivity contribution in [2.24, 2.45) is 0 Å². The van der Waals surface area contributed by atoms with Crippen LogP contribution in [0.2, 0.25) is 0 Å². The molecule has 0 fully saturated rings. The van der Waals surface area contributed by atoms with Crippen LogP contribution in [-0.2, 0) is 5.88 Å². The average molecular weight is 230 g/mol. The van der Waals surface area contributed by atoms with E-state index in [1.807, 2.05) is 24.3 Å². The highest BCUT2D eigenvalue weighted by atomic mass is 35.5. The molecular weight excluding hydrogens is 221 g/mol. The van der Waals surface area contributed by atoms with Crippen molar-refractivity contribution in [3.8, 4) is 5.69 Å². The van der Waals surface area contributed by atoms with E-state index in [1.165, 1.54) is 6.33 Å². The topological polar surface area (TPSA) is 30.7 Å². The van der Waals surface area contributed by atoms with Gasteiger partial charge in [-0.1, -0.05) is 12.1 Å². The highest BCUT2D eigenvalue weighted by molar-refractivity contribution is 6.17. The monoisotopic (exact) mass is 229 g/mol. The van der Waals surface area contributed by atoms with E-state index in [2.05, 4.69) is 10.1 Å². The standard InChI is InChI=1S/C9H8ClN3.ClH/c10-5-8-1-3-9(4-2-8)13-7-11-6-12-13;/h1-4,6-7H,5H2;1H. The Morgan fingerprint density at radius 1 is 1.21 bits per heavy atom. The lowest BCUT2D eigenvalue weighted by atomic mass is 10.2. The minimum Gasteiger partial charge on any atom is -0.223 e. The van der Waals surface area contributed by atoms with Gasteiger partial charge in [0.05, 0.1) is 5.69 Å². The summed E-state index contributed by atoms with van der Waals surface area (Å²) in [6, 6.07) is 7.88. The zero-order valence-electron chi connectivity index (χ0n) is 7.30. The average Bonchev–Trinajstić information content (AvgIpc) is 2.71. The molecule has 0 saturated heterocycles. The van der Waals surface area contributed by atoms with E-state index in [9.17, 15) is 0 Å². The van der Waals surface area contributed by atoms with Crippen LogP contribution in [0.3, 0.4) is 0 Å². The van der Waals surface area contributed by atoms with E-state index < -0.39 is 0 Å². The van der Waals surface area contributed by atoms with Crippen LogP contribution in [-0.4, -0.2) is 14.8 Å². The van der Waals surface area contributed by atoms with Crippen LogP contribution < -0.4 is 0 Å². The third-order valence-electron chi connectivity index (χ3n) is 1.77. The summed E-state index contributed by atoms with van der Waals surface area (Å²) in [6.07, 6.45) is 3.17. The summed E-state index contributed by atoms with van der Waals surface area (Å²) >= 11 is 5.67. The Morgan fingerprint density at radius 3 is 2.43 bits per heavy atom. The molecule has 74 valence electrons. The van der Waals surface area contributed by atoms with E-state index >= 15 is 0 Å². The van der Waals surface area contributed by atoms with Gasteiger partial charge in [0.1, 0.15) is 12.7 Å². The molecule has 0 radical (unpaired) electrons. The van der Waals surface area contributed by atoms with Crippen LogP contribution in [0.5, 0.6) is 0 Å². The van der Waals surface area contributed by atoms with Gasteiger partial charge in [-0.3, -0.25) is 0 Å². The Labute approximate surface area is 93.1 Å². The number of halogens is 2. The molecule has 3 nitrogen and oxygen atoms in total. The molecule has 0 N–H and O–H groups in total. The van der Waals surface area contributed by atoms with Gasteiger partial charge >= 0.3 is 0 Å². The van der Waals surface area contributed by atoms with Gasteiger partial charge in [0.2, 0.25) is 0 Å². The van der Waals surface area contributed by atoms with Gasteiger partial charge in [0, 0.05) is 5.88 Å². The van der Waals surface area contributed by atoms with E-state index in [-0.39, 0.29) is 12.4 Å². The lowest BCUT2D eigenvalue weighted by Crippen LogP contribution is -1.93. The SMILES string of the molecule is Cl.ClCc1ccc(-n2cncn2)cc1. The molecule has 0 spiro atoms. The number of rotatable bonds is 2. The molecule has 1 aromatic carbocycles. The fourth-order valence-electron chi connectivity index (χ4n) is 1.08. The minimum absolute atomic E-state index is 0. The van der Waals surface area contributed by atoms with Gasteiger partial charge in [-0.15, -0.1) is 24.0 Å². The van der Waals surface area contributed by atoms with Crippen LogP contribution in [0, 0.1) is 0 Å². The van der Waals surface area contributed by atoms with Gasteiger partial charge in [-0.25, -0.2) is 9.67 Å². The minimum atomic E-state index is 0. The number of hydrogen-bond donors (Lipinski definition) is 0. The Balaban J connectivity index is 0.000000980. The molecule has 0 atom stereocenters. The zero-order chi connectivity index (χ0) is 9.10. The maximum Gasteiger partial charge on any atom is 0.138 e. The normalized spacial score (nSPS) is 9.50. The molecule has 0 amide bonds. The zero-order valence-corrected chi connectivity index (χ0v) is 8.87. The summed E-state index contributed by atoms with van der Waals surface area (Å²) in [5, 5.41) is 4.01. The van der Waals surface area contributed by atoms with Gasteiger partial charge in [-0.05, 0) is 17.7 Å². The molecule has 0 bridgehead atoms. The van der Waals surface area contributed by atoms with Gasteiger partial charge < -0.3 is 0 Å². The molecule has 0 aliphatic rings. The number of nitrogens with zero attached hydrogens (tertiary/aromatic N) is 3. The first-order chi connectivity index (χ1) is 6.40. The van der Waals surface area contributed by atoms with Crippen LogP contribution in [0.4, 0.5) is 0 Å². The van der Waals surface area contributed by atoms with E-state index in [0.29, 0.717) is 5.88 Å². The predicted octanol–water partition coefficient (Wildman–Crippen LogP) is 2.43. The maximum absolute atomic E-state index is 5.67. The van der Waals surface area contributed by atoms with E-state index in [0.717, 1.165) is 11.3 Å². The molecular formula is C9H9Cl2N3. The van der Waals surface area contributed by atoms with Crippen LogP contribution in [0.1, 0.15) is 5.56 Å². The fourth-order valence-corrected chi connectivity index (χ4v) is 1.26. The first kappa shape index (κ1) is 11.0. The van der Waals surface area contributed by atoms with E-state index in [4.69, 9.17) is 11.6 Å².